The van der Waals surface area contributed by atoms with E-state index in [4.69, 9.17) is 0 Å². The molecule has 7 heteroatoms. The van der Waals surface area contributed by atoms with Crippen LogP contribution in [0.25, 0.3) is 0 Å². The minimum Gasteiger partial charge on any atom is -0.367 e. The third kappa shape index (κ3) is 5.80. The minimum atomic E-state index is -3.49. The second-order valence-corrected chi connectivity index (χ2v) is 10.6. The number of hydrogen-bond acceptors (Lipinski definition) is 4. The molecule has 0 bridgehead atoms. The van der Waals surface area contributed by atoms with Gasteiger partial charge < -0.3 is 4.90 Å². The van der Waals surface area contributed by atoms with E-state index in [-0.39, 0.29) is 11.2 Å². The number of nitrogens with one attached hydrogen (secondary N) is 1. The van der Waals surface area contributed by atoms with Crippen LogP contribution in [0.4, 0.5) is 10.1 Å². The molecule has 1 N–H and O–H groups in total. The van der Waals surface area contributed by atoms with Crippen molar-refractivity contribution in [1.82, 2.24) is 9.62 Å². The number of hydrogen-bond donors (Lipinski definition) is 1. The molecule has 1 saturated heterocycles. The zero-order valence-electron chi connectivity index (χ0n) is 18.1. The van der Waals surface area contributed by atoms with Gasteiger partial charge in [-0.05, 0) is 48.2 Å². The number of piperazine rings is 1. The van der Waals surface area contributed by atoms with Crippen LogP contribution in [0, 0.1) is 5.82 Å². The molecule has 1 aliphatic rings. The van der Waals surface area contributed by atoms with Gasteiger partial charge in [-0.25, -0.2) is 17.5 Å². The molecule has 0 radical (unpaired) electrons. The van der Waals surface area contributed by atoms with E-state index in [9.17, 15) is 12.8 Å². The van der Waals surface area contributed by atoms with Crippen LogP contribution in [0.2, 0.25) is 0 Å². The predicted molar refractivity (Wildman–Crippen MR) is 120 cm³/mol. The van der Waals surface area contributed by atoms with Gasteiger partial charge in [-0.3, -0.25) is 4.90 Å². The maximum atomic E-state index is 13.9. The van der Waals surface area contributed by atoms with E-state index in [0.29, 0.717) is 17.1 Å². The quantitative estimate of drug-likeness (QED) is 0.678. The van der Waals surface area contributed by atoms with Gasteiger partial charge in [-0.15, -0.1) is 0 Å². The lowest BCUT2D eigenvalue weighted by Crippen LogP contribution is -2.47. The zero-order valence-corrected chi connectivity index (χ0v) is 18.9. The summed E-state index contributed by atoms with van der Waals surface area (Å²) in [7, 11) is -3.49. The molecule has 1 aliphatic heterocycles. The average Bonchev–Trinajstić information content (AvgIpc) is 2.72. The molecule has 0 aliphatic carbocycles. The van der Waals surface area contributed by atoms with Crippen LogP contribution in [0.3, 0.4) is 0 Å². The lowest BCUT2D eigenvalue weighted by Gasteiger charge is -2.36. The Morgan fingerprint density at radius 2 is 1.60 bits per heavy atom. The highest BCUT2D eigenvalue weighted by molar-refractivity contribution is 7.89. The van der Waals surface area contributed by atoms with Crippen LogP contribution in [0.15, 0.2) is 53.4 Å². The Hall–Kier alpha value is -1.96. The minimum absolute atomic E-state index is 0.00791. The largest absolute Gasteiger partial charge is 0.367 e. The van der Waals surface area contributed by atoms with E-state index in [0.717, 1.165) is 44.7 Å². The van der Waals surface area contributed by atoms with Crippen LogP contribution < -0.4 is 9.62 Å². The van der Waals surface area contributed by atoms with Crippen molar-refractivity contribution in [3.05, 3.63) is 59.9 Å². The first-order valence-corrected chi connectivity index (χ1v) is 12.0. The maximum absolute atomic E-state index is 13.9. The highest BCUT2D eigenvalue weighted by Crippen LogP contribution is 2.23. The first-order chi connectivity index (χ1) is 14.2. The van der Waals surface area contributed by atoms with Gasteiger partial charge in [-0.2, -0.15) is 0 Å². The summed E-state index contributed by atoms with van der Waals surface area (Å²) in [6.07, 6.45) is 0.735. The molecule has 0 spiro atoms. The molecular formula is C23H32FN3O2S. The van der Waals surface area contributed by atoms with E-state index in [1.165, 1.54) is 6.07 Å². The number of nitrogens with zero attached hydrogens (tertiary/aromatic N) is 2. The Balaban J connectivity index is 1.42. The van der Waals surface area contributed by atoms with Crippen LogP contribution in [-0.2, 0) is 15.4 Å². The number of anilines is 1. The first-order valence-electron chi connectivity index (χ1n) is 10.5. The molecule has 2 aromatic rings. The lowest BCUT2D eigenvalue weighted by atomic mass is 9.87. The summed E-state index contributed by atoms with van der Waals surface area (Å²) >= 11 is 0. The standard InChI is InChI=1S/C23H32FN3O2S/c1-23(2,3)19-9-11-20(12-10-19)30(28,29)25-13-6-14-26-15-17-27(18-16-26)22-8-5-4-7-21(22)24/h4-5,7-12,25H,6,13-18H2,1-3H3. The van der Waals surface area contributed by atoms with Crippen molar-refractivity contribution < 1.29 is 12.8 Å². The summed E-state index contributed by atoms with van der Waals surface area (Å²) in [4.78, 5) is 4.66. The monoisotopic (exact) mass is 433 g/mol. The summed E-state index contributed by atoms with van der Waals surface area (Å²) in [6, 6.07) is 14.0. The Labute approximate surface area is 179 Å². The molecule has 5 nitrogen and oxygen atoms in total. The summed E-state index contributed by atoms with van der Waals surface area (Å²) in [6.45, 7) is 10.7. The Morgan fingerprint density at radius 1 is 0.967 bits per heavy atom. The summed E-state index contributed by atoms with van der Waals surface area (Å²) in [5.74, 6) is -0.184. The smallest absolute Gasteiger partial charge is 0.240 e. The molecule has 1 heterocycles. The molecule has 0 unspecified atom stereocenters. The Kier molecular flexibility index (Phi) is 7.16. The summed E-state index contributed by atoms with van der Waals surface area (Å²) < 4.78 is 41.7. The number of rotatable bonds is 7. The zero-order chi connectivity index (χ0) is 21.8. The average molecular weight is 434 g/mol. The molecule has 0 atom stereocenters. The van der Waals surface area contributed by atoms with Gasteiger partial charge in [0.05, 0.1) is 10.6 Å². The van der Waals surface area contributed by atoms with Gasteiger partial charge in [0.1, 0.15) is 5.82 Å². The fraction of sp³-hybridized carbons (Fsp3) is 0.478. The SMILES string of the molecule is CC(C)(C)c1ccc(S(=O)(=O)NCCCN2CCN(c3ccccc3F)CC2)cc1. The molecular weight excluding hydrogens is 401 g/mol. The van der Waals surface area contributed by atoms with Gasteiger partial charge >= 0.3 is 0 Å². The van der Waals surface area contributed by atoms with Gasteiger partial charge in [0, 0.05) is 32.7 Å². The Morgan fingerprint density at radius 3 is 2.20 bits per heavy atom. The molecule has 1 fully saturated rings. The highest BCUT2D eigenvalue weighted by Gasteiger charge is 2.20. The van der Waals surface area contributed by atoms with Crippen molar-refractivity contribution in [1.29, 1.82) is 0 Å². The van der Waals surface area contributed by atoms with E-state index in [2.05, 4.69) is 35.3 Å². The molecule has 0 saturated carbocycles. The maximum Gasteiger partial charge on any atom is 0.240 e. The number of benzene rings is 2. The van der Waals surface area contributed by atoms with Crippen LogP contribution >= 0.6 is 0 Å². The molecule has 30 heavy (non-hydrogen) atoms. The normalized spacial score (nSPS) is 16.1. The summed E-state index contributed by atoms with van der Waals surface area (Å²) in [5, 5.41) is 0. The second kappa shape index (κ2) is 9.45. The van der Waals surface area contributed by atoms with Gasteiger partial charge in [0.2, 0.25) is 10.0 Å². The van der Waals surface area contributed by atoms with Crippen molar-refractivity contribution in [2.45, 2.75) is 37.5 Å². The van der Waals surface area contributed by atoms with Crippen molar-refractivity contribution in [3.8, 4) is 0 Å². The molecule has 0 amide bonds. The Bertz CT molecular complexity index is 932. The van der Waals surface area contributed by atoms with Crippen LogP contribution in [-0.4, -0.2) is 52.6 Å². The molecule has 0 aromatic heterocycles. The number of para-hydroxylation sites is 1. The van der Waals surface area contributed by atoms with Crippen LogP contribution in [0.5, 0.6) is 0 Å². The summed E-state index contributed by atoms with van der Waals surface area (Å²) in [5.41, 5.74) is 1.75. The van der Waals surface area contributed by atoms with Crippen molar-refractivity contribution in [2.75, 3.05) is 44.2 Å². The van der Waals surface area contributed by atoms with Crippen molar-refractivity contribution in [3.63, 3.8) is 0 Å². The molecule has 164 valence electrons. The van der Waals surface area contributed by atoms with Gasteiger partial charge in [0.25, 0.3) is 0 Å². The van der Waals surface area contributed by atoms with E-state index >= 15 is 0 Å². The third-order valence-electron chi connectivity index (χ3n) is 5.54. The van der Waals surface area contributed by atoms with Crippen molar-refractivity contribution >= 4 is 15.7 Å². The van der Waals surface area contributed by atoms with Gasteiger partial charge in [-0.1, -0.05) is 45.0 Å². The highest BCUT2D eigenvalue weighted by atomic mass is 32.2. The fourth-order valence-electron chi connectivity index (χ4n) is 3.65. The van der Waals surface area contributed by atoms with E-state index < -0.39 is 10.0 Å². The second-order valence-electron chi connectivity index (χ2n) is 8.81. The van der Waals surface area contributed by atoms with E-state index in [1.807, 2.05) is 24.3 Å². The lowest BCUT2D eigenvalue weighted by molar-refractivity contribution is 0.255. The van der Waals surface area contributed by atoms with Gasteiger partial charge in [0.15, 0.2) is 0 Å². The number of halogens is 1. The third-order valence-corrected chi connectivity index (χ3v) is 7.02. The number of sulfonamides is 1. The van der Waals surface area contributed by atoms with Crippen molar-refractivity contribution in [2.24, 2.45) is 0 Å². The first kappa shape index (κ1) is 22.7. The van der Waals surface area contributed by atoms with Crippen LogP contribution in [0.1, 0.15) is 32.8 Å². The fourth-order valence-corrected chi connectivity index (χ4v) is 4.72. The predicted octanol–water partition coefficient (Wildman–Crippen LogP) is 3.61. The molecule has 2 aromatic carbocycles. The molecule has 3 rings (SSSR count). The topological polar surface area (TPSA) is 52.7 Å². The van der Waals surface area contributed by atoms with E-state index in [1.54, 1.807) is 18.2 Å².